The summed E-state index contributed by atoms with van der Waals surface area (Å²) in [6, 6.07) is 19.0. The van der Waals surface area contributed by atoms with Gasteiger partial charge in [-0.15, -0.1) is 11.3 Å². The third-order valence-corrected chi connectivity index (χ3v) is 6.02. The van der Waals surface area contributed by atoms with E-state index in [4.69, 9.17) is 0 Å². The van der Waals surface area contributed by atoms with Crippen LogP contribution in [0, 0.1) is 0 Å². The van der Waals surface area contributed by atoms with Gasteiger partial charge in [0.25, 0.3) is 0 Å². The van der Waals surface area contributed by atoms with Gasteiger partial charge in [0, 0.05) is 35.9 Å². The highest BCUT2D eigenvalue weighted by Crippen LogP contribution is 2.25. The molecule has 0 bridgehead atoms. The molecule has 0 aliphatic carbocycles. The molecule has 1 saturated heterocycles. The van der Waals surface area contributed by atoms with E-state index in [1.165, 1.54) is 0 Å². The fraction of sp³-hybridized carbons (Fsp3) is 0.261. The lowest BCUT2D eigenvalue weighted by atomic mass is 10.0. The minimum absolute atomic E-state index is 0.0447. The van der Waals surface area contributed by atoms with Gasteiger partial charge in [0.1, 0.15) is 0 Å². The van der Waals surface area contributed by atoms with Gasteiger partial charge in [-0.3, -0.25) is 9.59 Å². The summed E-state index contributed by atoms with van der Waals surface area (Å²) in [6.07, 6.45) is 2.62. The van der Waals surface area contributed by atoms with Gasteiger partial charge in [0.2, 0.25) is 5.91 Å². The van der Waals surface area contributed by atoms with Crippen LogP contribution in [0.5, 0.6) is 0 Å². The van der Waals surface area contributed by atoms with E-state index in [0.717, 1.165) is 29.1 Å². The largest absolute Gasteiger partial charge is 0.332 e. The van der Waals surface area contributed by atoms with Crippen LogP contribution in [0.15, 0.2) is 66.0 Å². The van der Waals surface area contributed by atoms with Crippen LogP contribution in [-0.2, 0) is 11.2 Å². The Morgan fingerprint density at radius 1 is 1.04 bits per heavy atom. The van der Waals surface area contributed by atoms with Crippen molar-refractivity contribution in [2.45, 2.75) is 31.7 Å². The molecule has 1 aromatic heterocycles. The first kappa shape index (κ1) is 18.6. The highest BCUT2D eigenvalue weighted by molar-refractivity contribution is 7.09. The first-order chi connectivity index (χ1) is 13.7. The van der Waals surface area contributed by atoms with Gasteiger partial charge in [-0.05, 0) is 12.8 Å². The zero-order valence-corrected chi connectivity index (χ0v) is 16.4. The lowest BCUT2D eigenvalue weighted by Gasteiger charge is -2.23. The molecule has 4 nitrogen and oxygen atoms in total. The summed E-state index contributed by atoms with van der Waals surface area (Å²) in [5.74, 6) is 0.0929. The predicted molar refractivity (Wildman–Crippen MR) is 111 cm³/mol. The number of carbonyl (C=O) groups is 2. The highest BCUT2D eigenvalue weighted by Gasteiger charge is 2.34. The van der Waals surface area contributed by atoms with Crippen molar-refractivity contribution in [3.8, 4) is 11.3 Å². The third-order valence-electron chi connectivity index (χ3n) is 5.11. The molecule has 0 N–H and O–H groups in total. The van der Waals surface area contributed by atoms with Crippen LogP contribution in [0.25, 0.3) is 11.3 Å². The highest BCUT2D eigenvalue weighted by atomic mass is 32.1. The Balaban J connectivity index is 1.38. The minimum Gasteiger partial charge on any atom is -0.332 e. The number of likely N-dealkylation sites (tertiary alicyclic amines) is 1. The maximum Gasteiger partial charge on any atom is 0.223 e. The molecule has 1 atom stereocenters. The quantitative estimate of drug-likeness (QED) is 0.577. The molecule has 1 fully saturated rings. The number of Topliss-reactive ketones (excluding diaryl/α,β-unsaturated/α-hetero) is 1. The Morgan fingerprint density at radius 2 is 1.75 bits per heavy atom. The maximum absolute atomic E-state index is 12.8. The van der Waals surface area contributed by atoms with Gasteiger partial charge in [-0.1, -0.05) is 60.7 Å². The summed E-state index contributed by atoms with van der Waals surface area (Å²) >= 11 is 1.58. The number of hydrogen-bond donors (Lipinski definition) is 0. The number of amides is 1. The van der Waals surface area contributed by atoms with Crippen LogP contribution in [0.3, 0.4) is 0 Å². The molecule has 1 aliphatic heterocycles. The molecular formula is C23H22N2O2S. The predicted octanol–water partition coefficient (Wildman–Crippen LogP) is 4.62. The minimum atomic E-state index is -0.328. The molecule has 1 amide bonds. The average Bonchev–Trinajstić information content (AvgIpc) is 3.43. The van der Waals surface area contributed by atoms with E-state index in [2.05, 4.69) is 4.98 Å². The van der Waals surface area contributed by atoms with Crippen LogP contribution in [0.1, 0.15) is 34.6 Å². The van der Waals surface area contributed by atoms with Gasteiger partial charge in [0.05, 0.1) is 16.7 Å². The van der Waals surface area contributed by atoms with Crippen molar-refractivity contribution in [3.05, 3.63) is 76.6 Å². The molecule has 5 heteroatoms. The van der Waals surface area contributed by atoms with Gasteiger partial charge in [0.15, 0.2) is 5.78 Å². The zero-order chi connectivity index (χ0) is 19.3. The Labute approximate surface area is 168 Å². The van der Waals surface area contributed by atoms with Crippen molar-refractivity contribution in [2.75, 3.05) is 6.54 Å². The van der Waals surface area contributed by atoms with E-state index in [1.54, 1.807) is 16.2 Å². The number of thiazole rings is 1. The van der Waals surface area contributed by atoms with Gasteiger partial charge < -0.3 is 4.90 Å². The molecule has 3 aromatic rings. The monoisotopic (exact) mass is 390 g/mol. The Bertz CT molecular complexity index is 953. The summed E-state index contributed by atoms with van der Waals surface area (Å²) < 4.78 is 0. The van der Waals surface area contributed by atoms with E-state index in [0.29, 0.717) is 24.9 Å². The average molecular weight is 391 g/mol. The topological polar surface area (TPSA) is 50.3 Å². The molecule has 1 unspecified atom stereocenters. The maximum atomic E-state index is 12.8. The van der Waals surface area contributed by atoms with Crippen LogP contribution >= 0.6 is 11.3 Å². The molecule has 28 heavy (non-hydrogen) atoms. The number of ketones is 1. The molecule has 0 spiro atoms. The van der Waals surface area contributed by atoms with Crippen molar-refractivity contribution in [1.29, 1.82) is 0 Å². The summed E-state index contributed by atoms with van der Waals surface area (Å²) in [5, 5.41) is 2.99. The summed E-state index contributed by atoms with van der Waals surface area (Å²) in [5.41, 5.74) is 2.72. The van der Waals surface area contributed by atoms with Crippen molar-refractivity contribution < 1.29 is 9.59 Å². The van der Waals surface area contributed by atoms with Gasteiger partial charge in [-0.2, -0.15) is 0 Å². The first-order valence-electron chi connectivity index (χ1n) is 9.61. The second kappa shape index (κ2) is 8.48. The Kier molecular flexibility index (Phi) is 5.63. The van der Waals surface area contributed by atoms with Crippen molar-refractivity contribution >= 4 is 23.0 Å². The molecule has 0 radical (unpaired) electrons. The van der Waals surface area contributed by atoms with Crippen LogP contribution in [-0.4, -0.2) is 34.2 Å². The van der Waals surface area contributed by atoms with E-state index in [9.17, 15) is 9.59 Å². The molecular weight excluding hydrogens is 368 g/mol. The number of aryl methyl sites for hydroxylation is 1. The summed E-state index contributed by atoms with van der Waals surface area (Å²) in [4.78, 5) is 32.0. The number of carbonyl (C=O) groups excluding carboxylic acids is 2. The molecule has 4 rings (SSSR count). The standard InChI is InChI=1S/C23H22N2O2S/c26-22(14-13-21-24-19(16-28-21)17-8-3-1-4-9-17)25-15-7-12-20(25)23(27)18-10-5-2-6-11-18/h1-6,8-11,16,20H,7,12-15H2. The fourth-order valence-electron chi connectivity index (χ4n) is 3.66. The smallest absolute Gasteiger partial charge is 0.223 e. The SMILES string of the molecule is O=C(c1ccccc1)C1CCCN1C(=O)CCc1nc(-c2ccccc2)cs1. The van der Waals surface area contributed by atoms with E-state index >= 15 is 0 Å². The second-order valence-corrected chi connectivity index (χ2v) is 7.91. The molecule has 0 saturated carbocycles. The summed E-state index contributed by atoms with van der Waals surface area (Å²) in [6.45, 7) is 0.662. The number of hydrogen-bond acceptors (Lipinski definition) is 4. The van der Waals surface area contributed by atoms with Crippen LogP contribution < -0.4 is 0 Å². The van der Waals surface area contributed by atoms with Crippen LogP contribution in [0.2, 0.25) is 0 Å². The number of aromatic nitrogens is 1. The number of rotatable bonds is 6. The third kappa shape index (κ3) is 4.04. The number of nitrogens with zero attached hydrogens (tertiary/aromatic N) is 2. The first-order valence-corrected chi connectivity index (χ1v) is 10.5. The van der Waals surface area contributed by atoms with Gasteiger partial charge >= 0.3 is 0 Å². The van der Waals surface area contributed by atoms with E-state index in [-0.39, 0.29) is 17.7 Å². The Morgan fingerprint density at radius 3 is 2.50 bits per heavy atom. The lowest BCUT2D eigenvalue weighted by molar-refractivity contribution is -0.131. The molecule has 1 aliphatic rings. The Hall–Kier alpha value is -2.79. The second-order valence-electron chi connectivity index (χ2n) is 6.97. The van der Waals surface area contributed by atoms with Crippen molar-refractivity contribution in [3.63, 3.8) is 0 Å². The van der Waals surface area contributed by atoms with Crippen molar-refractivity contribution in [1.82, 2.24) is 9.88 Å². The number of benzene rings is 2. The van der Waals surface area contributed by atoms with Crippen molar-refractivity contribution in [2.24, 2.45) is 0 Å². The van der Waals surface area contributed by atoms with Crippen LogP contribution in [0.4, 0.5) is 0 Å². The van der Waals surface area contributed by atoms with E-state index in [1.807, 2.05) is 66.0 Å². The fourth-order valence-corrected chi connectivity index (χ4v) is 4.46. The summed E-state index contributed by atoms with van der Waals surface area (Å²) in [7, 11) is 0. The van der Waals surface area contributed by atoms with E-state index < -0.39 is 0 Å². The molecule has 2 aromatic carbocycles. The molecule has 2 heterocycles. The lowest BCUT2D eigenvalue weighted by Crippen LogP contribution is -2.40. The zero-order valence-electron chi connectivity index (χ0n) is 15.6. The molecule has 142 valence electrons. The normalized spacial score (nSPS) is 16.3. The van der Waals surface area contributed by atoms with Gasteiger partial charge in [-0.25, -0.2) is 4.98 Å².